The number of ketones is 1. The molecule has 0 aliphatic heterocycles. The van der Waals surface area contributed by atoms with Crippen LogP contribution in [0.5, 0.6) is 5.75 Å². The first-order valence-electron chi connectivity index (χ1n) is 4.58. The first-order valence-corrected chi connectivity index (χ1v) is 4.58. The van der Waals surface area contributed by atoms with Gasteiger partial charge in [0, 0.05) is 12.6 Å². The summed E-state index contributed by atoms with van der Waals surface area (Å²) >= 11 is 0. The number of benzene rings is 1. The van der Waals surface area contributed by atoms with E-state index in [9.17, 15) is 9.59 Å². The van der Waals surface area contributed by atoms with Gasteiger partial charge in [-0.05, 0) is 31.2 Å². The van der Waals surface area contributed by atoms with Crippen LogP contribution < -0.4 is 10.1 Å². The van der Waals surface area contributed by atoms with E-state index in [0.29, 0.717) is 11.4 Å². The number of carbonyl (C=O) groups excluding carboxylic acids is 2. The first kappa shape index (κ1) is 11.2. The van der Waals surface area contributed by atoms with E-state index in [4.69, 9.17) is 4.74 Å². The third kappa shape index (κ3) is 4.26. The largest absolute Gasteiger partial charge is 0.486 e. The topological polar surface area (TPSA) is 55.4 Å². The number of Topliss-reactive ketones (excluding diaryl/α,β-unsaturated/α-hetero) is 1. The lowest BCUT2D eigenvalue weighted by Crippen LogP contribution is -2.07. The van der Waals surface area contributed by atoms with E-state index in [1.165, 1.54) is 13.8 Å². The molecule has 1 aromatic rings. The van der Waals surface area contributed by atoms with Gasteiger partial charge in [0.1, 0.15) is 12.4 Å². The highest BCUT2D eigenvalue weighted by atomic mass is 16.5. The van der Waals surface area contributed by atoms with E-state index < -0.39 is 0 Å². The van der Waals surface area contributed by atoms with Crippen molar-refractivity contribution in [2.45, 2.75) is 13.8 Å². The van der Waals surface area contributed by atoms with Gasteiger partial charge in [-0.15, -0.1) is 0 Å². The van der Waals surface area contributed by atoms with E-state index in [2.05, 4.69) is 5.32 Å². The molecular weight excluding hydrogens is 194 g/mol. The average Bonchev–Trinajstić information content (AvgIpc) is 2.16. The van der Waals surface area contributed by atoms with Crippen molar-refractivity contribution in [1.82, 2.24) is 0 Å². The summed E-state index contributed by atoms with van der Waals surface area (Å²) in [4.78, 5) is 21.4. The monoisotopic (exact) mass is 207 g/mol. The van der Waals surface area contributed by atoms with Gasteiger partial charge in [-0.25, -0.2) is 0 Å². The molecule has 0 heterocycles. The molecule has 80 valence electrons. The summed E-state index contributed by atoms with van der Waals surface area (Å²) in [5.74, 6) is 0.465. The quantitative estimate of drug-likeness (QED) is 0.816. The zero-order chi connectivity index (χ0) is 11.3. The molecule has 4 heteroatoms. The Morgan fingerprint density at radius 1 is 1.20 bits per heavy atom. The zero-order valence-electron chi connectivity index (χ0n) is 8.74. The number of hydrogen-bond acceptors (Lipinski definition) is 3. The predicted molar refractivity (Wildman–Crippen MR) is 56.9 cm³/mol. The van der Waals surface area contributed by atoms with Crippen LogP contribution in [-0.2, 0) is 9.59 Å². The summed E-state index contributed by atoms with van der Waals surface area (Å²) in [6, 6.07) is 6.84. The van der Waals surface area contributed by atoms with Gasteiger partial charge in [0.25, 0.3) is 0 Å². The second-order valence-corrected chi connectivity index (χ2v) is 3.20. The van der Waals surface area contributed by atoms with Crippen molar-refractivity contribution in [3.05, 3.63) is 24.3 Å². The molecule has 15 heavy (non-hydrogen) atoms. The minimum absolute atomic E-state index is 0.0269. The van der Waals surface area contributed by atoms with Crippen molar-refractivity contribution in [3.63, 3.8) is 0 Å². The van der Waals surface area contributed by atoms with Gasteiger partial charge in [-0.1, -0.05) is 0 Å². The maximum atomic E-state index is 10.7. The lowest BCUT2D eigenvalue weighted by Gasteiger charge is -2.05. The summed E-state index contributed by atoms with van der Waals surface area (Å²) in [5, 5.41) is 2.64. The smallest absolute Gasteiger partial charge is 0.221 e. The number of nitrogens with one attached hydrogen (secondary N) is 1. The molecule has 0 spiro atoms. The Bertz CT molecular complexity index is 357. The standard InChI is InChI=1S/C11H13NO3/c1-8(13)7-15-11-5-3-10(4-6-11)12-9(2)14/h3-6H,7H2,1-2H3,(H,12,14). The molecule has 0 atom stereocenters. The molecule has 0 saturated carbocycles. The van der Waals surface area contributed by atoms with Gasteiger partial charge < -0.3 is 10.1 Å². The van der Waals surface area contributed by atoms with Crippen LogP contribution in [0.1, 0.15) is 13.8 Å². The van der Waals surface area contributed by atoms with Crippen LogP contribution in [0.2, 0.25) is 0 Å². The number of anilines is 1. The summed E-state index contributed by atoms with van der Waals surface area (Å²) < 4.78 is 5.17. The van der Waals surface area contributed by atoms with Crippen molar-refractivity contribution in [3.8, 4) is 5.75 Å². The third-order valence-corrected chi connectivity index (χ3v) is 1.62. The van der Waals surface area contributed by atoms with Crippen molar-refractivity contribution in [1.29, 1.82) is 0 Å². The van der Waals surface area contributed by atoms with Gasteiger partial charge >= 0.3 is 0 Å². The van der Waals surface area contributed by atoms with Crippen LogP contribution in [0, 0.1) is 0 Å². The van der Waals surface area contributed by atoms with Crippen LogP contribution in [0.4, 0.5) is 5.69 Å². The Labute approximate surface area is 88.2 Å². The van der Waals surface area contributed by atoms with Crippen LogP contribution in [0.25, 0.3) is 0 Å². The van der Waals surface area contributed by atoms with E-state index in [1.807, 2.05) is 0 Å². The Hall–Kier alpha value is -1.84. The number of rotatable bonds is 4. The SMILES string of the molecule is CC(=O)COc1ccc(NC(C)=O)cc1. The van der Waals surface area contributed by atoms with Crippen molar-refractivity contribution in [2.75, 3.05) is 11.9 Å². The molecule has 0 bridgehead atoms. The molecular formula is C11H13NO3. The average molecular weight is 207 g/mol. The maximum absolute atomic E-state index is 10.7. The highest BCUT2D eigenvalue weighted by molar-refractivity contribution is 5.88. The number of amides is 1. The second-order valence-electron chi connectivity index (χ2n) is 3.20. The molecule has 1 aromatic carbocycles. The fourth-order valence-electron chi connectivity index (χ4n) is 1.02. The molecule has 1 N–H and O–H groups in total. The van der Waals surface area contributed by atoms with Gasteiger partial charge in [-0.3, -0.25) is 9.59 Å². The Morgan fingerprint density at radius 3 is 2.27 bits per heavy atom. The molecule has 0 unspecified atom stereocenters. The minimum Gasteiger partial charge on any atom is -0.486 e. The van der Waals surface area contributed by atoms with Crippen LogP contribution in [0.15, 0.2) is 24.3 Å². The van der Waals surface area contributed by atoms with E-state index >= 15 is 0 Å². The predicted octanol–water partition coefficient (Wildman–Crippen LogP) is 1.61. The molecule has 1 rings (SSSR count). The van der Waals surface area contributed by atoms with Crippen LogP contribution in [0.3, 0.4) is 0 Å². The molecule has 4 nitrogen and oxygen atoms in total. The summed E-state index contributed by atoms with van der Waals surface area (Å²) in [6.07, 6.45) is 0. The number of ether oxygens (including phenoxy) is 1. The highest BCUT2D eigenvalue weighted by Gasteiger charge is 1.98. The van der Waals surface area contributed by atoms with E-state index in [0.717, 1.165) is 0 Å². The molecule has 0 aliphatic rings. The molecule has 0 fully saturated rings. The second kappa shape index (κ2) is 5.14. The van der Waals surface area contributed by atoms with Crippen LogP contribution >= 0.6 is 0 Å². The Kier molecular flexibility index (Phi) is 3.85. The molecule has 1 amide bonds. The first-order chi connectivity index (χ1) is 7.08. The highest BCUT2D eigenvalue weighted by Crippen LogP contribution is 2.15. The molecule has 0 saturated heterocycles. The van der Waals surface area contributed by atoms with Crippen molar-refractivity contribution in [2.24, 2.45) is 0 Å². The Balaban J connectivity index is 2.56. The maximum Gasteiger partial charge on any atom is 0.221 e. The number of carbonyl (C=O) groups is 2. The summed E-state index contributed by atoms with van der Waals surface area (Å²) in [5.41, 5.74) is 0.706. The minimum atomic E-state index is -0.118. The Morgan fingerprint density at radius 2 is 1.80 bits per heavy atom. The molecule has 0 aromatic heterocycles. The summed E-state index contributed by atoms with van der Waals surface area (Å²) in [7, 11) is 0. The van der Waals surface area contributed by atoms with E-state index in [1.54, 1.807) is 24.3 Å². The fourth-order valence-corrected chi connectivity index (χ4v) is 1.02. The van der Waals surface area contributed by atoms with Crippen LogP contribution in [-0.4, -0.2) is 18.3 Å². The van der Waals surface area contributed by atoms with E-state index in [-0.39, 0.29) is 18.3 Å². The molecule has 0 radical (unpaired) electrons. The van der Waals surface area contributed by atoms with Gasteiger partial charge in [0.2, 0.25) is 5.91 Å². The van der Waals surface area contributed by atoms with Gasteiger partial charge in [-0.2, -0.15) is 0 Å². The fraction of sp³-hybridized carbons (Fsp3) is 0.273. The lowest BCUT2D eigenvalue weighted by molar-refractivity contribution is -0.119. The number of hydrogen-bond donors (Lipinski definition) is 1. The van der Waals surface area contributed by atoms with Gasteiger partial charge in [0.15, 0.2) is 5.78 Å². The zero-order valence-corrected chi connectivity index (χ0v) is 8.74. The lowest BCUT2D eigenvalue weighted by atomic mass is 10.3. The normalized spacial score (nSPS) is 9.47. The third-order valence-electron chi connectivity index (χ3n) is 1.62. The molecule has 0 aliphatic carbocycles. The van der Waals surface area contributed by atoms with Crippen molar-refractivity contribution < 1.29 is 14.3 Å². The van der Waals surface area contributed by atoms with Crippen molar-refractivity contribution >= 4 is 17.4 Å². The summed E-state index contributed by atoms with van der Waals surface area (Å²) in [6.45, 7) is 2.98. The van der Waals surface area contributed by atoms with Gasteiger partial charge in [0.05, 0.1) is 0 Å².